The molecule has 1 aliphatic carbocycles. The summed E-state index contributed by atoms with van der Waals surface area (Å²) in [5, 5.41) is 1.66. The molecule has 0 amide bonds. The first kappa shape index (κ1) is 19.3. The van der Waals surface area contributed by atoms with Crippen LogP contribution in [0.2, 0.25) is 0 Å². The molecule has 4 aromatic rings. The van der Waals surface area contributed by atoms with Crippen molar-refractivity contribution >= 4 is 34.3 Å². The first-order valence-corrected chi connectivity index (χ1v) is 12.1. The van der Waals surface area contributed by atoms with Crippen molar-refractivity contribution in [2.75, 3.05) is 11.5 Å². The minimum atomic E-state index is -4.37. The lowest BCUT2D eigenvalue weighted by Crippen LogP contribution is -2.07. The molecule has 0 aromatic heterocycles. The van der Waals surface area contributed by atoms with Crippen LogP contribution in [0.25, 0.3) is 21.9 Å². The third-order valence-electron chi connectivity index (χ3n) is 6.12. The van der Waals surface area contributed by atoms with Crippen molar-refractivity contribution in [1.82, 2.24) is 0 Å². The fourth-order valence-electron chi connectivity index (χ4n) is 4.89. The molecule has 154 valence electrons. The molecule has 4 aromatic carbocycles. The van der Waals surface area contributed by atoms with Gasteiger partial charge in [0.2, 0.25) is 0 Å². The molecule has 31 heavy (non-hydrogen) atoms. The third kappa shape index (κ3) is 2.94. The summed E-state index contributed by atoms with van der Waals surface area (Å²) in [6, 6.07) is 22.7. The van der Waals surface area contributed by atoms with E-state index in [2.05, 4.69) is 24.3 Å². The van der Waals surface area contributed by atoms with E-state index in [0.717, 1.165) is 49.4 Å². The Bertz CT molecular complexity index is 1330. The summed E-state index contributed by atoms with van der Waals surface area (Å²) in [6.07, 6.45) is -4.37. The van der Waals surface area contributed by atoms with E-state index >= 15 is 0 Å². The van der Waals surface area contributed by atoms with Gasteiger partial charge in [0.25, 0.3) is 0 Å². The Labute approximate surface area is 186 Å². The van der Waals surface area contributed by atoms with Gasteiger partial charge in [0, 0.05) is 32.8 Å². The van der Waals surface area contributed by atoms with Crippen molar-refractivity contribution in [3.63, 3.8) is 0 Å². The van der Waals surface area contributed by atoms with Gasteiger partial charge in [-0.1, -0.05) is 60.7 Å². The van der Waals surface area contributed by atoms with Crippen LogP contribution in [0.4, 0.5) is 13.2 Å². The lowest BCUT2D eigenvalue weighted by molar-refractivity contribution is -0.137. The van der Waals surface area contributed by atoms with Crippen LogP contribution in [0.3, 0.4) is 0 Å². The van der Waals surface area contributed by atoms with Gasteiger partial charge < -0.3 is 0 Å². The van der Waals surface area contributed by atoms with E-state index < -0.39 is 11.7 Å². The number of halogens is 3. The quantitative estimate of drug-likeness (QED) is 0.252. The molecule has 1 unspecified atom stereocenters. The van der Waals surface area contributed by atoms with Crippen LogP contribution < -0.4 is 0 Å². The summed E-state index contributed by atoms with van der Waals surface area (Å²) in [4.78, 5) is 2.35. The normalized spacial score (nSPS) is 17.3. The van der Waals surface area contributed by atoms with Crippen LogP contribution in [-0.4, -0.2) is 11.5 Å². The first-order chi connectivity index (χ1) is 15.0. The average molecular weight is 451 g/mol. The molecule has 0 saturated carbocycles. The Kier molecular flexibility index (Phi) is 4.41. The maximum Gasteiger partial charge on any atom is 0.416 e. The SMILES string of the molecule is FC(F)(F)c1ccc2c3c(c4c(c2c1)C(c1ccccc1)c1ccccc1-4)SCCS3. The van der Waals surface area contributed by atoms with Crippen molar-refractivity contribution in [1.29, 1.82) is 0 Å². The van der Waals surface area contributed by atoms with E-state index in [1.807, 2.05) is 42.1 Å². The zero-order valence-electron chi connectivity index (χ0n) is 16.4. The highest BCUT2D eigenvalue weighted by Crippen LogP contribution is 2.58. The standard InChI is InChI=1S/C26H17F3S2/c27-26(28,29)16-10-11-19-20(14-16)22-21(15-6-2-1-3-7-15)17-8-4-5-9-18(17)23(22)25-24(19)30-12-13-31-25/h1-11,14,21H,12-13H2. The van der Waals surface area contributed by atoms with Crippen LogP contribution >= 0.6 is 23.5 Å². The van der Waals surface area contributed by atoms with Gasteiger partial charge in [0.15, 0.2) is 0 Å². The highest BCUT2D eigenvalue weighted by atomic mass is 32.2. The predicted molar refractivity (Wildman–Crippen MR) is 123 cm³/mol. The molecule has 0 saturated heterocycles. The highest BCUT2D eigenvalue weighted by molar-refractivity contribution is 8.05. The zero-order chi connectivity index (χ0) is 21.2. The number of alkyl halides is 3. The molecule has 2 aliphatic rings. The second kappa shape index (κ2) is 7.07. The smallest absolute Gasteiger partial charge is 0.166 e. The monoisotopic (exact) mass is 450 g/mol. The van der Waals surface area contributed by atoms with Crippen LogP contribution in [0.5, 0.6) is 0 Å². The molecule has 0 nitrogen and oxygen atoms in total. The van der Waals surface area contributed by atoms with Crippen molar-refractivity contribution in [2.24, 2.45) is 0 Å². The Morgan fingerprint density at radius 3 is 2.23 bits per heavy atom. The lowest BCUT2D eigenvalue weighted by Gasteiger charge is -2.24. The van der Waals surface area contributed by atoms with Gasteiger partial charge in [0.05, 0.1) is 5.56 Å². The van der Waals surface area contributed by atoms with Gasteiger partial charge in [-0.25, -0.2) is 0 Å². The summed E-state index contributed by atoms with van der Waals surface area (Å²) in [5.74, 6) is 1.90. The topological polar surface area (TPSA) is 0 Å². The Hall–Kier alpha value is -2.37. The summed E-state index contributed by atoms with van der Waals surface area (Å²) >= 11 is 3.60. The van der Waals surface area contributed by atoms with E-state index in [9.17, 15) is 13.2 Å². The lowest BCUT2D eigenvalue weighted by atomic mass is 9.86. The largest absolute Gasteiger partial charge is 0.416 e. The summed E-state index contributed by atoms with van der Waals surface area (Å²) < 4.78 is 41.0. The van der Waals surface area contributed by atoms with E-state index in [-0.39, 0.29) is 5.92 Å². The number of hydrogen-bond donors (Lipinski definition) is 0. The molecule has 0 fully saturated rings. The molecule has 0 radical (unpaired) electrons. The van der Waals surface area contributed by atoms with Crippen LogP contribution in [0, 0.1) is 0 Å². The number of fused-ring (bicyclic) bond motifs is 8. The number of hydrogen-bond acceptors (Lipinski definition) is 2. The van der Waals surface area contributed by atoms with Gasteiger partial charge >= 0.3 is 6.18 Å². The molecule has 1 aliphatic heterocycles. The second-order valence-corrected chi connectivity index (χ2v) is 10.0. The Balaban J connectivity index is 1.78. The van der Waals surface area contributed by atoms with E-state index in [0.29, 0.717) is 0 Å². The van der Waals surface area contributed by atoms with Crippen LogP contribution in [-0.2, 0) is 6.18 Å². The number of benzene rings is 4. The van der Waals surface area contributed by atoms with Gasteiger partial charge in [-0.15, -0.1) is 23.5 Å². The van der Waals surface area contributed by atoms with Gasteiger partial charge in [0.1, 0.15) is 0 Å². The third-order valence-corrected chi connectivity index (χ3v) is 8.74. The number of rotatable bonds is 1. The predicted octanol–water partition coefficient (Wildman–Crippen LogP) is 8.22. The fraction of sp³-hybridized carbons (Fsp3) is 0.154. The van der Waals surface area contributed by atoms with Crippen molar-refractivity contribution in [3.8, 4) is 11.1 Å². The van der Waals surface area contributed by atoms with E-state index in [1.54, 1.807) is 17.8 Å². The maximum atomic E-state index is 13.7. The van der Waals surface area contributed by atoms with E-state index in [4.69, 9.17) is 0 Å². The minimum absolute atomic E-state index is 0.0730. The van der Waals surface area contributed by atoms with Crippen molar-refractivity contribution in [3.05, 3.63) is 95.1 Å². The maximum absolute atomic E-state index is 13.7. The number of thioether (sulfide) groups is 2. The molecule has 0 bridgehead atoms. The zero-order valence-corrected chi connectivity index (χ0v) is 18.0. The average Bonchev–Trinajstić information content (AvgIpc) is 3.14. The molecular weight excluding hydrogens is 433 g/mol. The van der Waals surface area contributed by atoms with E-state index in [1.165, 1.54) is 22.6 Å². The fourth-order valence-corrected chi connectivity index (χ4v) is 7.49. The molecule has 1 atom stereocenters. The van der Waals surface area contributed by atoms with Crippen LogP contribution in [0.1, 0.15) is 28.2 Å². The molecule has 0 N–H and O–H groups in total. The molecule has 1 heterocycles. The summed E-state index contributed by atoms with van der Waals surface area (Å²) in [6.45, 7) is 0. The van der Waals surface area contributed by atoms with Crippen LogP contribution in [0.15, 0.2) is 82.6 Å². The first-order valence-electron chi connectivity index (χ1n) is 10.1. The highest BCUT2D eigenvalue weighted by Gasteiger charge is 2.37. The molecule has 0 spiro atoms. The molecule has 6 rings (SSSR count). The van der Waals surface area contributed by atoms with Gasteiger partial charge in [-0.05, 0) is 45.2 Å². The molecular formula is C26H17F3S2. The minimum Gasteiger partial charge on any atom is -0.166 e. The Morgan fingerprint density at radius 2 is 1.45 bits per heavy atom. The molecule has 5 heteroatoms. The summed E-state index contributed by atoms with van der Waals surface area (Å²) in [5.41, 5.74) is 4.99. The van der Waals surface area contributed by atoms with Gasteiger partial charge in [-0.2, -0.15) is 13.2 Å². The summed E-state index contributed by atoms with van der Waals surface area (Å²) in [7, 11) is 0. The van der Waals surface area contributed by atoms with Crippen molar-refractivity contribution < 1.29 is 13.2 Å². The Morgan fingerprint density at radius 1 is 0.742 bits per heavy atom. The second-order valence-electron chi connectivity index (χ2n) is 7.83. The van der Waals surface area contributed by atoms with Gasteiger partial charge in [-0.3, -0.25) is 0 Å². The van der Waals surface area contributed by atoms with Crippen molar-refractivity contribution in [2.45, 2.75) is 21.9 Å².